The summed E-state index contributed by atoms with van der Waals surface area (Å²) in [6, 6.07) is 1.84. The monoisotopic (exact) mass is 276 g/mol. The van der Waals surface area contributed by atoms with Crippen molar-refractivity contribution in [3.8, 4) is 5.75 Å². The van der Waals surface area contributed by atoms with Gasteiger partial charge < -0.3 is 20.0 Å². The van der Waals surface area contributed by atoms with E-state index in [2.05, 4.69) is 5.32 Å². The zero-order chi connectivity index (χ0) is 13.9. The van der Waals surface area contributed by atoms with Crippen LogP contribution < -0.4 is 44.7 Å². The Bertz CT molecular complexity index is 531. The van der Waals surface area contributed by atoms with Crippen LogP contribution in [-0.2, 0) is 4.79 Å². The van der Waals surface area contributed by atoms with E-state index in [4.69, 9.17) is 4.74 Å². The maximum Gasteiger partial charge on any atom is 1.00 e. The van der Waals surface area contributed by atoms with Crippen LogP contribution in [0.2, 0.25) is 0 Å². The number of ether oxygens (including phenoxy) is 1. The number of carbonyl (C=O) groups is 2. The van der Waals surface area contributed by atoms with E-state index in [1.807, 2.05) is 0 Å². The van der Waals surface area contributed by atoms with Crippen molar-refractivity contribution in [1.82, 2.24) is 0 Å². The molecule has 1 amide bonds. The number of carbonyl (C=O) groups excluding carboxylic acids is 2. The van der Waals surface area contributed by atoms with Crippen LogP contribution >= 0.6 is 0 Å². The second kappa shape index (κ2) is 7.07. The number of hydrogen-bond donors (Lipinski definition) is 1. The SMILES string of the molecule is COc1cc(NC(C)=O)c([N+](=O)[O-])cc1C(=O)[O-].[Na+]. The van der Waals surface area contributed by atoms with Gasteiger partial charge in [-0.1, -0.05) is 0 Å². The Hall–Kier alpha value is -1.64. The third kappa shape index (κ3) is 4.19. The summed E-state index contributed by atoms with van der Waals surface area (Å²) in [7, 11) is 1.20. The summed E-state index contributed by atoms with van der Waals surface area (Å²) in [6.07, 6.45) is 0. The fourth-order valence-electron chi connectivity index (χ4n) is 1.34. The summed E-state index contributed by atoms with van der Waals surface area (Å²) in [5, 5.41) is 23.8. The Morgan fingerprint density at radius 2 is 1.95 bits per heavy atom. The number of benzene rings is 1. The number of aromatic carboxylic acids is 1. The van der Waals surface area contributed by atoms with Gasteiger partial charge in [0.15, 0.2) is 0 Å². The molecule has 0 fully saturated rings. The summed E-state index contributed by atoms with van der Waals surface area (Å²) in [5.74, 6) is -2.27. The summed E-state index contributed by atoms with van der Waals surface area (Å²) in [5.41, 5.74) is -1.15. The molecule has 8 nitrogen and oxygen atoms in total. The molecule has 0 saturated heterocycles. The number of amides is 1. The summed E-state index contributed by atoms with van der Waals surface area (Å²) < 4.78 is 4.77. The van der Waals surface area contributed by atoms with E-state index in [9.17, 15) is 24.8 Å². The smallest absolute Gasteiger partial charge is 0.545 e. The molecule has 96 valence electrons. The molecule has 0 heterocycles. The van der Waals surface area contributed by atoms with Crippen LogP contribution in [-0.4, -0.2) is 23.9 Å². The van der Waals surface area contributed by atoms with E-state index >= 15 is 0 Å². The number of carboxylic acids is 1. The Balaban J connectivity index is 0.00000324. The predicted molar refractivity (Wildman–Crippen MR) is 58.3 cm³/mol. The summed E-state index contributed by atoms with van der Waals surface area (Å²) in [4.78, 5) is 31.7. The fourth-order valence-corrected chi connectivity index (χ4v) is 1.34. The van der Waals surface area contributed by atoms with E-state index in [1.54, 1.807) is 0 Å². The maximum absolute atomic E-state index is 10.9. The van der Waals surface area contributed by atoms with Gasteiger partial charge in [-0.25, -0.2) is 0 Å². The molecule has 0 aliphatic heterocycles. The van der Waals surface area contributed by atoms with Crippen molar-refractivity contribution in [2.24, 2.45) is 0 Å². The van der Waals surface area contributed by atoms with Gasteiger partial charge in [-0.05, 0) is 0 Å². The van der Waals surface area contributed by atoms with Crippen LogP contribution in [0.5, 0.6) is 5.75 Å². The number of nitro groups is 1. The van der Waals surface area contributed by atoms with Gasteiger partial charge in [0.05, 0.1) is 18.0 Å². The zero-order valence-electron chi connectivity index (χ0n) is 10.6. The van der Waals surface area contributed by atoms with Crippen LogP contribution in [0.25, 0.3) is 0 Å². The molecule has 0 radical (unpaired) electrons. The number of anilines is 1. The minimum Gasteiger partial charge on any atom is -0.545 e. The van der Waals surface area contributed by atoms with Crippen molar-refractivity contribution in [3.05, 3.63) is 27.8 Å². The van der Waals surface area contributed by atoms with E-state index in [0.29, 0.717) is 0 Å². The number of nitro benzene ring substituents is 1. The standard InChI is InChI=1S/C10H10N2O6.Na/c1-5(13)11-7-4-9(18-2)6(10(14)15)3-8(7)12(16)17;/h3-4H,1-2H3,(H,11,13)(H,14,15);/q;+1/p-1. The molecule has 1 aromatic rings. The van der Waals surface area contributed by atoms with Gasteiger partial charge in [0.1, 0.15) is 11.4 Å². The molecule has 0 aliphatic rings. The van der Waals surface area contributed by atoms with Crippen molar-refractivity contribution in [1.29, 1.82) is 0 Å². The van der Waals surface area contributed by atoms with Crippen molar-refractivity contribution < 1.29 is 53.9 Å². The molecule has 1 rings (SSSR count). The molecule has 1 aromatic carbocycles. The second-order valence-electron chi connectivity index (χ2n) is 3.30. The Labute approximate surface area is 130 Å². The first-order chi connectivity index (χ1) is 8.36. The first-order valence-electron chi connectivity index (χ1n) is 4.72. The molecule has 0 spiro atoms. The van der Waals surface area contributed by atoms with Gasteiger partial charge in [0.25, 0.3) is 5.69 Å². The second-order valence-corrected chi connectivity index (χ2v) is 3.30. The van der Waals surface area contributed by atoms with Gasteiger partial charge in [0.2, 0.25) is 5.91 Å². The number of carboxylic acid groups (broad SMARTS) is 1. The molecular weight excluding hydrogens is 267 g/mol. The van der Waals surface area contributed by atoms with Crippen LogP contribution in [0.3, 0.4) is 0 Å². The molecule has 19 heavy (non-hydrogen) atoms. The van der Waals surface area contributed by atoms with E-state index in [-0.39, 0.29) is 41.0 Å². The van der Waals surface area contributed by atoms with Gasteiger partial charge in [-0.2, -0.15) is 0 Å². The average Bonchev–Trinajstić information content (AvgIpc) is 2.26. The van der Waals surface area contributed by atoms with E-state index in [1.165, 1.54) is 14.0 Å². The predicted octanol–water partition coefficient (Wildman–Crippen LogP) is -3.07. The Morgan fingerprint density at radius 3 is 2.32 bits per heavy atom. The summed E-state index contributed by atoms with van der Waals surface area (Å²) in [6.45, 7) is 1.17. The van der Waals surface area contributed by atoms with E-state index < -0.39 is 28.1 Å². The average molecular weight is 276 g/mol. The molecule has 1 N–H and O–H groups in total. The first kappa shape index (κ1) is 17.4. The first-order valence-corrected chi connectivity index (χ1v) is 4.72. The van der Waals surface area contributed by atoms with Crippen molar-refractivity contribution in [2.75, 3.05) is 12.4 Å². The fraction of sp³-hybridized carbons (Fsp3) is 0.200. The molecule has 0 unspecified atom stereocenters. The van der Waals surface area contributed by atoms with Crippen LogP contribution in [0.1, 0.15) is 17.3 Å². The van der Waals surface area contributed by atoms with E-state index in [0.717, 1.165) is 12.1 Å². The van der Waals surface area contributed by atoms with Gasteiger partial charge >= 0.3 is 29.6 Å². The molecule has 0 bridgehead atoms. The normalized spacial score (nSPS) is 9.16. The molecule has 9 heteroatoms. The van der Waals surface area contributed by atoms with Crippen molar-refractivity contribution in [2.45, 2.75) is 6.92 Å². The van der Waals surface area contributed by atoms with Crippen LogP contribution in [0.4, 0.5) is 11.4 Å². The zero-order valence-corrected chi connectivity index (χ0v) is 12.6. The minimum absolute atomic E-state index is 0. The number of hydrogen-bond acceptors (Lipinski definition) is 6. The Kier molecular flexibility index (Phi) is 6.46. The van der Waals surface area contributed by atoms with Crippen molar-refractivity contribution in [3.63, 3.8) is 0 Å². The molecule has 0 aliphatic carbocycles. The number of rotatable bonds is 4. The minimum atomic E-state index is -1.61. The molecule has 0 aromatic heterocycles. The number of nitrogens with zero attached hydrogens (tertiary/aromatic N) is 1. The van der Waals surface area contributed by atoms with Crippen molar-refractivity contribution >= 4 is 23.3 Å². The molecular formula is C10H9N2NaO6. The van der Waals surface area contributed by atoms with Gasteiger partial charge in [0, 0.05) is 24.6 Å². The summed E-state index contributed by atoms with van der Waals surface area (Å²) >= 11 is 0. The van der Waals surface area contributed by atoms with Crippen LogP contribution in [0, 0.1) is 10.1 Å². The molecule has 0 atom stereocenters. The number of methoxy groups -OCH3 is 1. The third-order valence-corrected chi connectivity index (χ3v) is 2.05. The van der Waals surface area contributed by atoms with Gasteiger partial charge in [-0.3, -0.25) is 14.9 Å². The van der Waals surface area contributed by atoms with Gasteiger partial charge in [-0.15, -0.1) is 0 Å². The third-order valence-electron chi connectivity index (χ3n) is 2.05. The topological polar surface area (TPSA) is 122 Å². The van der Waals surface area contributed by atoms with Crippen LogP contribution in [0.15, 0.2) is 12.1 Å². The largest absolute Gasteiger partial charge is 1.00 e. The number of nitrogens with one attached hydrogen (secondary N) is 1. The quantitative estimate of drug-likeness (QED) is 0.354. The molecule has 0 saturated carbocycles. The Morgan fingerprint density at radius 1 is 1.37 bits per heavy atom. The maximum atomic E-state index is 10.9.